The highest BCUT2D eigenvalue weighted by Gasteiger charge is 2.27. The number of benzene rings is 1. The van der Waals surface area contributed by atoms with Crippen LogP contribution in [0, 0.1) is 5.82 Å². The Morgan fingerprint density at radius 3 is 3.00 bits per heavy atom. The normalized spacial score (nSPS) is 21.3. The Hall–Kier alpha value is 0.1000. The average molecular weight is 320 g/mol. The lowest BCUT2D eigenvalue weighted by atomic mass is 10.0. The SMILES string of the molecule is CCCNC(c1cc(F)ccc1Cl)C1CSCCS1. The summed E-state index contributed by atoms with van der Waals surface area (Å²) < 4.78 is 13.5. The van der Waals surface area contributed by atoms with Gasteiger partial charge in [-0.05, 0) is 36.7 Å². The van der Waals surface area contributed by atoms with Crippen LogP contribution in [-0.2, 0) is 0 Å². The van der Waals surface area contributed by atoms with Gasteiger partial charge in [0.1, 0.15) is 5.82 Å². The largest absolute Gasteiger partial charge is 0.309 e. The van der Waals surface area contributed by atoms with Crippen LogP contribution in [0.5, 0.6) is 0 Å². The Kier molecular flexibility index (Phi) is 6.33. The van der Waals surface area contributed by atoms with Crippen LogP contribution in [0.2, 0.25) is 5.02 Å². The van der Waals surface area contributed by atoms with Crippen molar-refractivity contribution in [3.8, 4) is 0 Å². The molecule has 19 heavy (non-hydrogen) atoms. The van der Waals surface area contributed by atoms with E-state index in [4.69, 9.17) is 11.6 Å². The van der Waals surface area contributed by atoms with Gasteiger partial charge in [0.15, 0.2) is 0 Å². The van der Waals surface area contributed by atoms with Crippen LogP contribution >= 0.6 is 35.1 Å². The summed E-state index contributed by atoms with van der Waals surface area (Å²) in [5.41, 5.74) is 0.898. The van der Waals surface area contributed by atoms with Gasteiger partial charge < -0.3 is 5.32 Å². The molecule has 2 unspecified atom stereocenters. The van der Waals surface area contributed by atoms with Crippen molar-refractivity contribution in [1.29, 1.82) is 0 Å². The van der Waals surface area contributed by atoms with Crippen molar-refractivity contribution in [3.05, 3.63) is 34.6 Å². The minimum atomic E-state index is -0.212. The van der Waals surface area contributed by atoms with Crippen LogP contribution in [0.3, 0.4) is 0 Å². The molecule has 0 bridgehead atoms. The van der Waals surface area contributed by atoms with E-state index in [1.807, 2.05) is 23.5 Å². The van der Waals surface area contributed by atoms with Crippen molar-refractivity contribution in [3.63, 3.8) is 0 Å². The smallest absolute Gasteiger partial charge is 0.123 e. The third-order valence-electron chi connectivity index (χ3n) is 3.12. The van der Waals surface area contributed by atoms with Gasteiger partial charge in [-0.3, -0.25) is 0 Å². The zero-order chi connectivity index (χ0) is 13.7. The summed E-state index contributed by atoms with van der Waals surface area (Å²) in [5.74, 6) is 3.25. The second-order valence-corrected chi connectivity index (χ2v) is 7.49. The molecule has 1 heterocycles. The topological polar surface area (TPSA) is 12.0 Å². The average Bonchev–Trinajstić information content (AvgIpc) is 2.44. The monoisotopic (exact) mass is 319 g/mol. The number of halogens is 2. The Balaban J connectivity index is 2.22. The summed E-state index contributed by atoms with van der Waals surface area (Å²) in [4.78, 5) is 0. The molecule has 1 N–H and O–H groups in total. The predicted molar refractivity (Wildman–Crippen MR) is 86.0 cm³/mol. The third kappa shape index (κ3) is 4.28. The lowest BCUT2D eigenvalue weighted by Crippen LogP contribution is -2.34. The van der Waals surface area contributed by atoms with Crippen LogP contribution in [0.25, 0.3) is 0 Å². The van der Waals surface area contributed by atoms with Gasteiger partial charge in [0.05, 0.1) is 0 Å². The van der Waals surface area contributed by atoms with Crippen molar-refractivity contribution < 1.29 is 4.39 Å². The van der Waals surface area contributed by atoms with Gasteiger partial charge in [-0.15, -0.1) is 0 Å². The molecule has 0 aliphatic carbocycles. The Bertz CT molecular complexity index is 410. The zero-order valence-corrected chi connectivity index (χ0v) is 13.4. The third-order valence-corrected chi connectivity index (χ3v) is 6.33. The molecule has 1 aromatic rings. The van der Waals surface area contributed by atoms with Crippen molar-refractivity contribution >= 4 is 35.1 Å². The van der Waals surface area contributed by atoms with Crippen LogP contribution in [-0.4, -0.2) is 29.1 Å². The molecule has 1 aliphatic rings. The Labute approximate surface area is 128 Å². The highest BCUT2D eigenvalue weighted by molar-refractivity contribution is 8.06. The first-order valence-corrected chi connectivity index (χ1v) is 9.18. The lowest BCUT2D eigenvalue weighted by Gasteiger charge is -2.31. The van der Waals surface area contributed by atoms with E-state index in [-0.39, 0.29) is 11.9 Å². The first kappa shape index (κ1) is 15.5. The maximum absolute atomic E-state index is 13.5. The zero-order valence-electron chi connectivity index (χ0n) is 11.0. The summed E-state index contributed by atoms with van der Waals surface area (Å²) in [6.07, 6.45) is 1.06. The fourth-order valence-electron chi connectivity index (χ4n) is 2.19. The molecule has 0 saturated carbocycles. The first-order chi connectivity index (χ1) is 9.22. The van der Waals surface area contributed by atoms with Gasteiger partial charge in [0.2, 0.25) is 0 Å². The van der Waals surface area contributed by atoms with E-state index in [1.54, 1.807) is 12.1 Å². The van der Waals surface area contributed by atoms with Gasteiger partial charge in [-0.2, -0.15) is 23.5 Å². The van der Waals surface area contributed by atoms with E-state index < -0.39 is 0 Å². The maximum atomic E-state index is 13.5. The number of hydrogen-bond acceptors (Lipinski definition) is 3. The van der Waals surface area contributed by atoms with Gasteiger partial charge in [-0.25, -0.2) is 4.39 Å². The molecule has 0 spiro atoms. The van der Waals surface area contributed by atoms with Gasteiger partial charge >= 0.3 is 0 Å². The lowest BCUT2D eigenvalue weighted by molar-refractivity contribution is 0.525. The van der Waals surface area contributed by atoms with Crippen LogP contribution < -0.4 is 5.32 Å². The second kappa shape index (κ2) is 7.77. The van der Waals surface area contributed by atoms with E-state index in [0.717, 1.165) is 30.0 Å². The summed E-state index contributed by atoms with van der Waals surface area (Å²) in [7, 11) is 0. The number of thioether (sulfide) groups is 2. The van der Waals surface area contributed by atoms with Gasteiger partial charge in [0.25, 0.3) is 0 Å². The van der Waals surface area contributed by atoms with E-state index in [2.05, 4.69) is 12.2 Å². The molecular weight excluding hydrogens is 301 g/mol. The quantitative estimate of drug-likeness (QED) is 0.865. The first-order valence-electron chi connectivity index (χ1n) is 6.60. The van der Waals surface area contributed by atoms with Crippen molar-refractivity contribution in [2.75, 3.05) is 23.8 Å². The summed E-state index contributed by atoms with van der Waals surface area (Å²) >= 11 is 10.2. The second-order valence-electron chi connectivity index (χ2n) is 4.58. The molecule has 2 atom stereocenters. The van der Waals surface area contributed by atoms with Gasteiger partial charge in [0, 0.05) is 33.6 Å². The summed E-state index contributed by atoms with van der Waals surface area (Å²) in [6, 6.07) is 4.80. The molecule has 1 nitrogen and oxygen atoms in total. The minimum Gasteiger partial charge on any atom is -0.309 e. The van der Waals surface area contributed by atoms with Crippen molar-refractivity contribution in [2.24, 2.45) is 0 Å². The Morgan fingerprint density at radius 2 is 2.32 bits per heavy atom. The molecule has 0 radical (unpaired) electrons. The number of nitrogens with one attached hydrogen (secondary N) is 1. The molecule has 5 heteroatoms. The molecule has 2 rings (SSSR count). The molecular formula is C14H19ClFNS2. The van der Waals surface area contributed by atoms with Crippen molar-refractivity contribution in [2.45, 2.75) is 24.6 Å². The standard InChI is InChI=1S/C14H19ClFNS2/c1-2-5-17-14(13-9-18-6-7-19-13)11-8-10(16)3-4-12(11)15/h3-4,8,13-14,17H,2,5-7,9H2,1H3. The summed E-state index contributed by atoms with van der Waals surface area (Å²) in [6.45, 7) is 3.07. The molecule has 0 amide bonds. The molecule has 1 fully saturated rings. The molecule has 1 saturated heterocycles. The molecule has 1 aromatic carbocycles. The Morgan fingerprint density at radius 1 is 1.47 bits per heavy atom. The fraction of sp³-hybridized carbons (Fsp3) is 0.571. The molecule has 0 aromatic heterocycles. The fourth-order valence-corrected chi connectivity index (χ4v) is 5.29. The van der Waals surface area contributed by atoms with Gasteiger partial charge in [-0.1, -0.05) is 18.5 Å². The summed E-state index contributed by atoms with van der Waals surface area (Å²) in [5, 5.41) is 4.66. The molecule has 106 valence electrons. The van der Waals surface area contributed by atoms with Crippen LogP contribution in [0.1, 0.15) is 24.9 Å². The van der Waals surface area contributed by atoms with E-state index in [0.29, 0.717) is 10.3 Å². The number of hydrogen-bond donors (Lipinski definition) is 1. The van der Waals surface area contributed by atoms with E-state index in [1.165, 1.54) is 11.8 Å². The molecule has 1 aliphatic heterocycles. The van der Waals surface area contributed by atoms with Crippen molar-refractivity contribution in [1.82, 2.24) is 5.32 Å². The predicted octanol–water partition coefficient (Wildman–Crippen LogP) is 4.37. The maximum Gasteiger partial charge on any atom is 0.123 e. The highest BCUT2D eigenvalue weighted by atomic mass is 35.5. The van der Waals surface area contributed by atoms with Crippen LogP contribution in [0.15, 0.2) is 18.2 Å². The minimum absolute atomic E-state index is 0.140. The van der Waals surface area contributed by atoms with Crippen LogP contribution in [0.4, 0.5) is 4.39 Å². The highest BCUT2D eigenvalue weighted by Crippen LogP contribution is 2.36. The van der Waals surface area contributed by atoms with E-state index >= 15 is 0 Å². The number of rotatable bonds is 5. The van der Waals surface area contributed by atoms with E-state index in [9.17, 15) is 4.39 Å².